The van der Waals surface area contributed by atoms with Crippen LogP contribution in [0, 0.1) is 24.7 Å². The van der Waals surface area contributed by atoms with Gasteiger partial charge in [0.2, 0.25) is 11.8 Å². The molecule has 0 spiro atoms. The third-order valence-corrected chi connectivity index (χ3v) is 12.0. The lowest BCUT2D eigenvalue weighted by atomic mass is 9.41. The van der Waals surface area contributed by atoms with Crippen LogP contribution in [-0.4, -0.2) is 37.6 Å². The minimum absolute atomic E-state index is 0.0141. The molecule has 0 N–H and O–H groups in total. The minimum atomic E-state index is -1.00. The third kappa shape index (κ3) is 4.19. The molecule has 0 saturated heterocycles. The number of nitrogens with zero attached hydrogens (tertiary/aromatic N) is 5. The Hall–Kier alpha value is -3.55. The summed E-state index contributed by atoms with van der Waals surface area (Å²) in [6, 6.07) is 10.6. The lowest BCUT2D eigenvalue weighted by molar-refractivity contribution is -0.215. The summed E-state index contributed by atoms with van der Waals surface area (Å²) in [5.41, 5.74) is 5.16. The largest absolute Gasteiger partial charge is 0.339 e. The first kappa shape index (κ1) is 26.8. The average molecular weight is 594 g/mol. The molecule has 1 aromatic carbocycles. The van der Waals surface area contributed by atoms with Gasteiger partial charge in [-0.3, -0.25) is 4.79 Å². The van der Waals surface area contributed by atoms with Crippen LogP contribution in [0.25, 0.3) is 16.8 Å². The number of amides is 1. The Morgan fingerprint density at radius 3 is 2.45 bits per heavy atom. The first-order chi connectivity index (χ1) is 21.1. The SMILES string of the molecule is Cc1cn2cc(-c3cccc(N(CC45CCC(c6nc(C7CC7)no6)(CC4)CC5)C(=O)CC45CC(F)(C4)C5)c3)c(C)cc2n1. The number of rotatable bonds is 8. The van der Waals surface area contributed by atoms with Gasteiger partial charge in [0.15, 0.2) is 5.82 Å². The molecule has 7 fully saturated rings. The van der Waals surface area contributed by atoms with Crippen molar-refractivity contribution < 1.29 is 13.7 Å². The Morgan fingerprint density at radius 1 is 1.00 bits per heavy atom. The highest BCUT2D eigenvalue weighted by molar-refractivity contribution is 5.95. The van der Waals surface area contributed by atoms with Gasteiger partial charge >= 0.3 is 0 Å². The number of fused-ring (bicyclic) bond motifs is 4. The van der Waals surface area contributed by atoms with E-state index in [1.54, 1.807) is 0 Å². The van der Waals surface area contributed by atoms with E-state index in [2.05, 4.69) is 62.9 Å². The zero-order chi connectivity index (χ0) is 29.9. The average Bonchev–Trinajstić information content (AvgIpc) is 3.59. The zero-order valence-electron chi connectivity index (χ0n) is 25.7. The fourth-order valence-corrected chi connectivity index (χ4v) is 9.30. The molecule has 3 heterocycles. The van der Waals surface area contributed by atoms with Gasteiger partial charge in [-0.2, -0.15) is 4.98 Å². The van der Waals surface area contributed by atoms with Crippen LogP contribution < -0.4 is 4.90 Å². The molecule has 11 rings (SSSR count). The van der Waals surface area contributed by atoms with E-state index in [4.69, 9.17) is 9.51 Å². The van der Waals surface area contributed by atoms with E-state index in [1.165, 1.54) is 12.8 Å². The second kappa shape index (κ2) is 9.01. The van der Waals surface area contributed by atoms with Gasteiger partial charge in [-0.05, 0) is 125 Å². The summed E-state index contributed by atoms with van der Waals surface area (Å²) < 4.78 is 22.4. The fourth-order valence-electron chi connectivity index (χ4n) is 9.30. The van der Waals surface area contributed by atoms with Crippen LogP contribution >= 0.6 is 0 Å². The van der Waals surface area contributed by atoms with Crippen molar-refractivity contribution in [3.05, 3.63) is 65.7 Å². The molecule has 0 unspecified atom stereocenters. The maximum absolute atomic E-state index is 14.5. The summed E-state index contributed by atoms with van der Waals surface area (Å²) in [4.78, 5) is 25.8. The van der Waals surface area contributed by atoms with E-state index in [9.17, 15) is 9.18 Å². The van der Waals surface area contributed by atoms with Crippen LogP contribution in [-0.2, 0) is 10.2 Å². The van der Waals surface area contributed by atoms with Crippen molar-refractivity contribution in [3.63, 3.8) is 0 Å². The van der Waals surface area contributed by atoms with Gasteiger partial charge in [0.25, 0.3) is 0 Å². The predicted molar refractivity (Wildman–Crippen MR) is 165 cm³/mol. The van der Waals surface area contributed by atoms with E-state index < -0.39 is 5.67 Å². The first-order valence-electron chi connectivity index (χ1n) is 16.5. The second-order valence-electron chi connectivity index (χ2n) is 15.4. The van der Waals surface area contributed by atoms with E-state index in [0.29, 0.717) is 38.1 Å². The quantitative estimate of drug-likeness (QED) is 0.208. The topological polar surface area (TPSA) is 76.5 Å². The van der Waals surface area contributed by atoms with Gasteiger partial charge in [0.1, 0.15) is 11.3 Å². The molecule has 0 atom stereocenters. The summed E-state index contributed by atoms with van der Waals surface area (Å²) in [5.74, 6) is 2.38. The number of benzene rings is 1. The molecule has 228 valence electrons. The Bertz CT molecular complexity index is 1770. The molecular formula is C36H40FN5O2. The standard InChI is InChI=1S/C36H40FN5O2/c1-23-14-29-38-24(2)17-41(29)18-28(23)26-4-3-5-27(15-26)42(30(43)16-34-19-36(37,20-34)21-34)22-33-8-11-35(12-9-33,13-10-33)32-39-31(40-44-32)25-6-7-25/h3-5,14-15,17-18,25H,6-13,16,19-22H2,1-2H3. The Balaban J connectivity index is 1.01. The smallest absolute Gasteiger partial charge is 0.232 e. The van der Waals surface area contributed by atoms with E-state index in [0.717, 1.165) is 84.0 Å². The number of anilines is 1. The first-order valence-corrected chi connectivity index (χ1v) is 16.5. The molecule has 1 amide bonds. The lowest BCUT2D eigenvalue weighted by Crippen LogP contribution is -2.65. The van der Waals surface area contributed by atoms with Crippen molar-refractivity contribution in [2.24, 2.45) is 10.8 Å². The highest BCUT2D eigenvalue weighted by Crippen LogP contribution is 2.71. The number of hydrogen-bond acceptors (Lipinski definition) is 5. The molecular weight excluding hydrogens is 553 g/mol. The molecule has 3 aromatic heterocycles. The second-order valence-corrected chi connectivity index (χ2v) is 15.4. The summed E-state index contributed by atoms with van der Waals surface area (Å²) in [6.45, 7) is 4.84. The monoisotopic (exact) mass is 593 g/mol. The molecule has 7 aliphatic rings. The lowest BCUT2D eigenvalue weighted by Gasteiger charge is -2.66. The normalized spacial score (nSPS) is 32.0. The Labute approximate surface area is 257 Å². The Kier molecular flexibility index (Phi) is 5.49. The summed E-state index contributed by atoms with van der Waals surface area (Å²) in [6.07, 6.45) is 14.8. The van der Waals surface area contributed by atoms with Gasteiger partial charge in [0, 0.05) is 47.9 Å². The number of imidazole rings is 1. The number of aryl methyl sites for hydroxylation is 2. The number of carbonyl (C=O) groups excluding carboxylic acids is 1. The highest BCUT2D eigenvalue weighted by Gasteiger charge is 2.69. The van der Waals surface area contributed by atoms with Crippen LogP contribution in [0.15, 0.2) is 47.2 Å². The molecule has 0 aliphatic heterocycles. The van der Waals surface area contributed by atoms with E-state index in [1.807, 2.05) is 13.1 Å². The number of halogens is 1. The van der Waals surface area contributed by atoms with Crippen LogP contribution in [0.5, 0.6) is 0 Å². The molecule has 8 heteroatoms. The van der Waals surface area contributed by atoms with E-state index in [-0.39, 0.29) is 22.2 Å². The van der Waals surface area contributed by atoms with Gasteiger partial charge in [-0.1, -0.05) is 17.3 Å². The molecule has 4 aromatic rings. The summed E-state index contributed by atoms with van der Waals surface area (Å²) in [5, 5.41) is 4.34. The van der Waals surface area contributed by atoms with Crippen molar-refractivity contribution in [2.75, 3.05) is 11.4 Å². The molecule has 0 radical (unpaired) electrons. The van der Waals surface area contributed by atoms with Gasteiger partial charge < -0.3 is 13.8 Å². The minimum Gasteiger partial charge on any atom is -0.339 e. The number of hydrogen-bond donors (Lipinski definition) is 0. The fraction of sp³-hybridized carbons (Fsp3) is 0.556. The van der Waals surface area contributed by atoms with Crippen molar-refractivity contribution in [1.29, 1.82) is 0 Å². The van der Waals surface area contributed by atoms with Crippen molar-refractivity contribution in [2.45, 2.75) is 108 Å². The molecule has 7 aliphatic carbocycles. The molecule has 44 heavy (non-hydrogen) atoms. The number of pyridine rings is 1. The maximum Gasteiger partial charge on any atom is 0.232 e. The number of carbonyl (C=O) groups is 1. The highest BCUT2D eigenvalue weighted by atomic mass is 19.1. The Morgan fingerprint density at radius 2 is 1.75 bits per heavy atom. The molecule has 7 saturated carbocycles. The number of aromatic nitrogens is 4. The molecule has 4 bridgehead atoms. The summed E-state index contributed by atoms with van der Waals surface area (Å²) in [7, 11) is 0. The van der Waals surface area contributed by atoms with Crippen molar-refractivity contribution in [1.82, 2.24) is 19.5 Å². The van der Waals surface area contributed by atoms with Crippen LogP contribution in [0.2, 0.25) is 0 Å². The van der Waals surface area contributed by atoms with E-state index >= 15 is 0 Å². The van der Waals surface area contributed by atoms with Crippen molar-refractivity contribution in [3.8, 4) is 11.1 Å². The van der Waals surface area contributed by atoms with Crippen LogP contribution in [0.3, 0.4) is 0 Å². The van der Waals surface area contributed by atoms with Gasteiger partial charge in [-0.15, -0.1) is 0 Å². The van der Waals surface area contributed by atoms with Crippen molar-refractivity contribution >= 4 is 17.2 Å². The number of alkyl halides is 1. The van der Waals surface area contributed by atoms with Gasteiger partial charge in [0.05, 0.1) is 5.69 Å². The molecule has 7 nitrogen and oxygen atoms in total. The van der Waals surface area contributed by atoms with Gasteiger partial charge in [-0.25, -0.2) is 9.37 Å². The maximum atomic E-state index is 14.5. The zero-order valence-corrected chi connectivity index (χ0v) is 25.7. The van der Waals surface area contributed by atoms with Crippen LogP contribution in [0.1, 0.15) is 106 Å². The third-order valence-electron chi connectivity index (χ3n) is 12.0. The summed E-state index contributed by atoms with van der Waals surface area (Å²) >= 11 is 0. The predicted octanol–water partition coefficient (Wildman–Crippen LogP) is 7.79. The van der Waals surface area contributed by atoms with Crippen LogP contribution in [0.4, 0.5) is 10.1 Å².